The zero-order chi connectivity index (χ0) is 18.7. The van der Waals surface area contributed by atoms with Crippen molar-refractivity contribution in [3.05, 3.63) is 107 Å². The van der Waals surface area contributed by atoms with E-state index in [1.165, 1.54) is 0 Å². The Balaban J connectivity index is 1.48. The molecule has 0 atom stereocenters. The van der Waals surface area contributed by atoms with Crippen LogP contribution in [0.5, 0.6) is 11.5 Å². The van der Waals surface area contributed by atoms with Gasteiger partial charge in [0.15, 0.2) is 0 Å². The lowest BCUT2D eigenvalue weighted by Crippen LogP contribution is -2.03. The normalized spacial score (nSPS) is 15.4. The minimum Gasteiger partial charge on any atom is -0.457 e. The number of halogens is 2. The molecule has 0 bridgehead atoms. The van der Waals surface area contributed by atoms with E-state index in [9.17, 15) is 4.39 Å². The summed E-state index contributed by atoms with van der Waals surface area (Å²) in [6, 6.07) is 24.9. The molecule has 0 aliphatic heterocycles. The van der Waals surface area contributed by atoms with Crippen LogP contribution in [0, 0.1) is 0 Å². The van der Waals surface area contributed by atoms with Crippen LogP contribution in [-0.2, 0) is 11.8 Å². The van der Waals surface area contributed by atoms with Gasteiger partial charge in [-0.25, -0.2) is 4.39 Å². The molecule has 0 heterocycles. The standard InChI is InChI=1S/C24H20ClFO/c25-20-11-9-19(10-12-20)24(13-14-24)17-21(26)15-18-5-4-8-23(16-18)27-22-6-2-1-3-7-22/h1-12,16-17H,13-15H2/b21-17-. The molecule has 0 amide bonds. The smallest absolute Gasteiger partial charge is 0.127 e. The number of rotatable bonds is 6. The van der Waals surface area contributed by atoms with E-state index in [1.807, 2.05) is 78.9 Å². The van der Waals surface area contributed by atoms with Gasteiger partial charge in [0.1, 0.15) is 17.3 Å². The third kappa shape index (κ3) is 4.40. The van der Waals surface area contributed by atoms with Crippen molar-refractivity contribution < 1.29 is 9.13 Å². The van der Waals surface area contributed by atoms with Gasteiger partial charge >= 0.3 is 0 Å². The molecule has 3 aromatic carbocycles. The highest BCUT2D eigenvalue weighted by atomic mass is 35.5. The second-order valence-electron chi connectivity index (χ2n) is 6.99. The van der Waals surface area contributed by atoms with Gasteiger partial charge in [-0.1, -0.05) is 54.1 Å². The average molecular weight is 379 g/mol. The first-order chi connectivity index (χ1) is 13.1. The molecule has 1 nitrogen and oxygen atoms in total. The highest BCUT2D eigenvalue weighted by molar-refractivity contribution is 6.30. The van der Waals surface area contributed by atoms with Gasteiger partial charge in [0.25, 0.3) is 0 Å². The highest BCUT2D eigenvalue weighted by Crippen LogP contribution is 2.50. The molecule has 3 aromatic rings. The minimum atomic E-state index is -0.174. The molecule has 136 valence electrons. The number of hydrogen-bond acceptors (Lipinski definition) is 1. The monoisotopic (exact) mass is 378 g/mol. The molecule has 1 aliphatic rings. The quantitative estimate of drug-likeness (QED) is 0.438. The summed E-state index contributed by atoms with van der Waals surface area (Å²) in [5, 5.41) is 0.703. The van der Waals surface area contributed by atoms with Crippen molar-refractivity contribution in [1.82, 2.24) is 0 Å². The summed E-state index contributed by atoms with van der Waals surface area (Å²) < 4.78 is 20.6. The van der Waals surface area contributed by atoms with Crippen LogP contribution in [0.15, 0.2) is 90.8 Å². The molecule has 0 radical (unpaired) electrons. The summed E-state index contributed by atoms with van der Waals surface area (Å²) in [6.07, 6.45) is 3.99. The van der Waals surface area contributed by atoms with Gasteiger partial charge in [0.2, 0.25) is 0 Å². The highest BCUT2D eigenvalue weighted by Gasteiger charge is 2.42. The van der Waals surface area contributed by atoms with Crippen LogP contribution in [-0.4, -0.2) is 0 Å². The average Bonchev–Trinajstić information content (AvgIpc) is 3.44. The van der Waals surface area contributed by atoms with Crippen LogP contribution in [0.2, 0.25) is 5.02 Å². The second-order valence-corrected chi connectivity index (χ2v) is 7.43. The Morgan fingerprint density at radius 3 is 2.33 bits per heavy atom. The SMILES string of the molecule is F/C(=C\C1(c2ccc(Cl)cc2)CC1)Cc1cccc(Oc2ccccc2)c1. The van der Waals surface area contributed by atoms with Crippen molar-refractivity contribution >= 4 is 11.6 Å². The minimum absolute atomic E-state index is 0.112. The molecule has 0 spiro atoms. The third-order valence-corrected chi connectivity index (χ3v) is 5.14. The molecule has 0 unspecified atom stereocenters. The van der Waals surface area contributed by atoms with E-state index in [0.29, 0.717) is 10.8 Å². The van der Waals surface area contributed by atoms with Gasteiger partial charge < -0.3 is 4.74 Å². The topological polar surface area (TPSA) is 9.23 Å². The largest absolute Gasteiger partial charge is 0.457 e. The van der Waals surface area contributed by atoms with Gasteiger partial charge in [-0.05, 0) is 66.4 Å². The Morgan fingerprint density at radius 1 is 0.926 bits per heavy atom. The molecular formula is C24H20ClFO. The van der Waals surface area contributed by atoms with Crippen molar-refractivity contribution in [2.24, 2.45) is 0 Å². The third-order valence-electron chi connectivity index (χ3n) is 4.89. The van der Waals surface area contributed by atoms with Crippen molar-refractivity contribution in [2.75, 3.05) is 0 Å². The zero-order valence-corrected chi connectivity index (χ0v) is 15.6. The van der Waals surface area contributed by atoms with Crippen LogP contribution in [0.1, 0.15) is 24.0 Å². The van der Waals surface area contributed by atoms with Crippen molar-refractivity contribution in [2.45, 2.75) is 24.7 Å². The summed E-state index contributed by atoms with van der Waals surface area (Å²) >= 11 is 5.97. The first kappa shape index (κ1) is 17.8. The van der Waals surface area contributed by atoms with Crippen LogP contribution in [0.25, 0.3) is 0 Å². The molecule has 4 rings (SSSR count). The van der Waals surface area contributed by atoms with Crippen LogP contribution in [0.4, 0.5) is 4.39 Å². The lowest BCUT2D eigenvalue weighted by Gasteiger charge is -2.12. The Hall–Kier alpha value is -2.58. The van der Waals surface area contributed by atoms with E-state index < -0.39 is 0 Å². The van der Waals surface area contributed by atoms with E-state index in [1.54, 1.807) is 6.08 Å². The predicted octanol–water partition coefficient (Wildman–Crippen LogP) is 7.26. The number of allylic oxidation sites excluding steroid dienone is 2. The molecule has 1 aliphatic carbocycles. The van der Waals surface area contributed by atoms with Gasteiger partial charge in [0, 0.05) is 16.9 Å². The Morgan fingerprint density at radius 2 is 1.63 bits per heavy atom. The molecule has 0 N–H and O–H groups in total. The maximum Gasteiger partial charge on any atom is 0.127 e. The fourth-order valence-electron chi connectivity index (χ4n) is 3.32. The maximum absolute atomic E-state index is 14.7. The lowest BCUT2D eigenvalue weighted by molar-refractivity contribution is 0.482. The number of para-hydroxylation sites is 1. The fraction of sp³-hybridized carbons (Fsp3) is 0.167. The number of ether oxygens (including phenoxy) is 1. The zero-order valence-electron chi connectivity index (χ0n) is 14.9. The van der Waals surface area contributed by atoms with Gasteiger partial charge in [0.05, 0.1) is 0 Å². The molecule has 27 heavy (non-hydrogen) atoms. The molecule has 0 saturated heterocycles. The van der Waals surface area contributed by atoms with Crippen molar-refractivity contribution in [3.8, 4) is 11.5 Å². The summed E-state index contributed by atoms with van der Waals surface area (Å²) in [5.74, 6) is 1.37. The molecule has 3 heteroatoms. The molecule has 0 aromatic heterocycles. The van der Waals surface area contributed by atoms with Crippen LogP contribution in [0.3, 0.4) is 0 Å². The van der Waals surface area contributed by atoms with Crippen LogP contribution < -0.4 is 4.74 Å². The summed E-state index contributed by atoms with van der Waals surface area (Å²) in [6.45, 7) is 0. The Bertz CT molecular complexity index is 944. The van der Waals surface area contributed by atoms with E-state index in [-0.39, 0.29) is 17.7 Å². The number of benzene rings is 3. The van der Waals surface area contributed by atoms with Crippen LogP contribution >= 0.6 is 11.6 Å². The summed E-state index contributed by atoms with van der Waals surface area (Å²) in [4.78, 5) is 0. The molecule has 1 fully saturated rings. The van der Waals surface area contributed by atoms with Gasteiger partial charge in [-0.3, -0.25) is 0 Å². The molecule has 1 saturated carbocycles. The lowest BCUT2D eigenvalue weighted by atomic mass is 9.94. The van der Waals surface area contributed by atoms with E-state index in [0.717, 1.165) is 29.7 Å². The first-order valence-electron chi connectivity index (χ1n) is 9.08. The Kier molecular flexibility index (Phi) is 5.00. The summed E-state index contributed by atoms with van der Waals surface area (Å²) in [5.41, 5.74) is 1.85. The molecular weight excluding hydrogens is 359 g/mol. The van der Waals surface area contributed by atoms with Gasteiger partial charge in [-0.15, -0.1) is 0 Å². The van der Waals surface area contributed by atoms with Crippen molar-refractivity contribution in [1.29, 1.82) is 0 Å². The predicted molar refractivity (Wildman–Crippen MR) is 108 cm³/mol. The van der Waals surface area contributed by atoms with E-state index in [4.69, 9.17) is 16.3 Å². The Labute approximate surface area is 164 Å². The maximum atomic E-state index is 14.7. The summed E-state index contributed by atoms with van der Waals surface area (Å²) in [7, 11) is 0. The van der Waals surface area contributed by atoms with Gasteiger partial charge in [-0.2, -0.15) is 0 Å². The fourth-order valence-corrected chi connectivity index (χ4v) is 3.45. The second kappa shape index (κ2) is 7.58. The van der Waals surface area contributed by atoms with Crippen molar-refractivity contribution in [3.63, 3.8) is 0 Å². The number of hydrogen-bond donors (Lipinski definition) is 0. The van der Waals surface area contributed by atoms with E-state index in [2.05, 4.69) is 0 Å². The first-order valence-corrected chi connectivity index (χ1v) is 9.46. The van der Waals surface area contributed by atoms with E-state index >= 15 is 0 Å².